The maximum absolute atomic E-state index is 12.5. The van der Waals surface area contributed by atoms with Gasteiger partial charge in [0.15, 0.2) is 5.75 Å². The average molecular weight is 506 g/mol. The molecular weight excluding hydrogens is 490 g/mol. The predicted molar refractivity (Wildman–Crippen MR) is 131 cm³/mol. The molecule has 0 aliphatic rings. The van der Waals surface area contributed by atoms with E-state index in [0.29, 0.717) is 21.3 Å². The number of hydrogen-bond donors (Lipinski definition) is 1. The lowest BCUT2D eigenvalue weighted by Gasteiger charge is -2.12. The van der Waals surface area contributed by atoms with Crippen molar-refractivity contribution in [2.45, 2.75) is 13.5 Å². The van der Waals surface area contributed by atoms with Crippen LogP contribution in [0, 0.1) is 18.3 Å². The molecule has 0 saturated carbocycles. The first kappa shape index (κ1) is 24.0. The van der Waals surface area contributed by atoms with E-state index < -0.39 is 5.91 Å². The average Bonchev–Trinajstić information content (AvgIpc) is 2.75. The number of aryl methyl sites for hydroxylation is 1. The first-order valence-corrected chi connectivity index (χ1v) is 10.8. The number of para-hydroxylation sites is 1. The van der Waals surface area contributed by atoms with Gasteiger partial charge < -0.3 is 10.1 Å². The molecule has 8 heteroatoms. The summed E-state index contributed by atoms with van der Waals surface area (Å²) in [6, 6.07) is 17.5. The molecule has 0 fully saturated rings. The molecule has 0 bridgehead atoms. The van der Waals surface area contributed by atoms with Crippen LogP contribution < -0.4 is 10.1 Å². The quantitative estimate of drug-likeness (QED) is 0.275. The van der Waals surface area contributed by atoms with E-state index in [4.69, 9.17) is 51.1 Å². The molecule has 0 aliphatic heterocycles. The number of ether oxygens (including phenoxy) is 1. The van der Waals surface area contributed by atoms with Crippen molar-refractivity contribution in [3.63, 3.8) is 0 Å². The van der Waals surface area contributed by atoms with E-state index >= 15 is 0 Å². The van der Waals surface area contributed by atoms with Crippen LogP contribution in [0.25, 0.3) is 6.08 Å². The largest absolute Gasteiger partial charge is 0.486 e. The molecule has 3 aromatic rings. The third kappa shape index (κ3) is 5.97. The van der Waals surface area contributed by atoms with Crippen molar-refractivity contribution in [1.29, 1.82) is 5.26 Å². The minimum absolute atomic E-state index is 0.0927. The number of anilines is 1. The summed E-state index contributed by atoms with van der Waals surface area (Å²) in [4.78, 5) is 12.5. The Labute approximate surface area is 205 Å². The molecule has 0 unspecified atom stereocenters. The molecule has 0 saturated heterocycles. The fourth-order valence-corrected chi connectivity index (χ4v) is 3.74. The van der Waals surface area contributed by atoms with Crippen LogP contribution in [0.3, 0.4) is 0 Å². The maximum atomic E-state index is 12.5. The van der Waals surface area contributed by atoms with Gasteiger partial charge >= 0.3 is 0 Å². The lowest BCUT2D eigenvalue weighted by atomic mass is 10.1. The van der Waals surface area contributed by atoms with E-state index in [1.807, 2.05) is 25.1 Å². The van der Waals surface area contributed by atoms with Crippen molar-refractivity contribution in [3.8, 4) is 11.8 Å². The first-order chi connectivity index (χ1) is 15.3. The Morgan fingerprint density at radius 3 is 2.31 bits per heavy atom. The Morgan fingerprint density at radius 1 is 1.00 bits per heavy atom. The summed E-state index contributed by atoms with van der Waals surface area (Å²) in [5, 5.41) is 13.5. The molecule has 3 rings (SSSR count). The number of rotatable bonds is 6. The van der Waals surface area contributed by atoms with Crippen molar-refractivity contribution in [3.05, 3.63) is 97.0 Å². The van der Waals surface area contributed by atoms with Crippen LogP contribution in [0.5, 0.6) is 5.75 Å². The summed E-state index contributed by atoms with van der Waals surface area (Å²) < 4.78 is 5.74. The van der Waals surface area contributed by atoms with Crippen LogP contribution in [0.15, 0.2) is 60.2 Å². The summed E-state index contributed by atoms with van der Waals surface area (Å²) in [7, 11) is 0. The summed E-state index contributed by atoms with van der Waals surface area (Å²) >= 11 is 24.6. The molecule has 4 nitrogen and oxygen atoms in total. The van der Waals surface area contributed by atoms with E-state index in [-0.39, 0.29) is 28.0 Å². The summed E-state index contributed by atoms with van der Waals surface area (Å²) in [6.45, 7) is 2.04. The SMILES string of the molecule is Cc1ccccc1NC(=O)/C(C#N)=C\c1cc(Cl)c(OCc2ccc(Cl)c(Cl)c2)c(Cl)c1. The maximum Gasteiger partial charge on any atom is 0.266 e. The minimum Gasteiger partial charge on any atom is -0.486 e. The van der Waals surface area contributed by atoms with Crippen LogP contribution in [0.4, 0.5) is 5.69 Å². The van der Waals surface area contributed by atoms with Gasteiger partial charge in [0, 0.05) is 5.69 Å². The standard InChI is InChI=1S/C24H16Cl4N2O2/c1-14-4-2-3-5-22(14)30-24(31)17(12-29)8-16-10-20(27)23(21(28)11-16)32-13-15-6-7-18(25)19(26)9-15/h2-11H,13H2,1H3,(H,30,31)/b17-8-. The molecule has 0 aromatic heterocycles. The number of hydrogen-bond acceptors (Lipinski definition) is 3. The van der Waals surface area contributed by atoms with Gasteiger partial charge in [-0.05, 0) is 60.0 Å². The summed E-state index contributed by atoms with van der Waals surface area (Å²) in [5.74, 6) is -0.256. The molecule has 1 amide bonds. The Kier molecular flexibility index (Phi) is 8.06. The first-order valence-electron chi connectivity index (χ1n) is 9.33. The number of carbonyl (C=O) groups is 1. The lowest BCUT2D eigenvalue weighted by Crippen LogP contribution is -2.14. The number of nitrogens with zero attached hydrogens (tertiary/aromatic N) is 1. The number of halogens is 4. The fourth-order valence-electron chi connectivity index (χ4n) is 2.80. The molecule has 0 spiro atoms. The number of nitrogens with one attached hydrogen (secondary N) is 1. The number of nitriles is 1. The predicted octanol–water partition coefficient (Wildman–Crippen LogP) is 7.73. The summed E-state index contributed by atoms with van der Waals surface area (Å²) in [5.41, 5.74) is 2.69. The van der Waals surface area contributed by atoms with Crippen molar-refractivity contribution < 1.29 is 9.53 Å². The minimum atomic E-state index is -0.533. The highest BCUT2D eigenvalue weighted by Gasteiger charge is 2.14. The third-order valence-electron chi connectivity index (χ3n) is 4.46. The van der Waals surface area contributed by atoms with Crippen LogP contribution in [0.2, 0.25) is 20.1 Å². The Bertz CT molecular complexity index is 1230. The zero-order valence-corrected chi connectivity index (χ0v) is 19.8. The number of carbonyl (C=O) groups excluding carboxylic acids is 1. The molecule has 0 heterocycles. The second-order valence-corrected chi connectivity index (χ2v) is 8.42. The lowest BCUT2D eigenvalue weighted by molar-refractivity contribution is -0.112. The van der Waals surface area contributed by atoms with Gasteiger partial charge in [0.1, 0.15) is 18.2 Å². The van der Waals surface area contributed by atoms with Crippen molar-refractivity contribution in [1.82, 2.24) is 0 Å². The van der Waals surface area contributed by atoms with E-state index in [1.54, 1.807) is 42.5 Å². The van der Waals surface area contributed by atoms with Crippen molar-refractivity contribution in [2.75, 3.05) is 5.32 Å². The van der Waals surface area contributed by atoms with Gasteiger partial charge in [0.2, 0.25) is 0 Å². The Hall–Kier alpha value is -2.68. The molecule has 0 aliphatic carbocycles. The highest BCUT2D eigenvalue weighted by Crippen LogP contribution is 2.36. The highest BCUT2D eigenvalue weighted by molar-refractivity contribution is 6.42. The monoisotopic (exact) mass is 504 g/mol. The molecule has 0 atom stereocenters. The zero-order chi connectivity index (χ0) is 23.3. The second kappa shape index (κ2) is 10.8. The Balaban J connectivity index is 1.78. The van der Waals surface area contributed by atoms with E-state index in [9.17, 15) is 10.1 Å². The highest BCUT2D eigenvalue weighted by atomic mass is 35.5. The van der Waals surface area contributed by atoms with Gasteiger partial charge in [-0.25, -0.2) is 0 Å². The van der Waals surface area contributed by atoms with E-state index in [2.05, 4.69) is 5.32 Å². The van der Waals surface area contributed by atoms with Crippen LogP contribution in [0.1, 0.15) is 16.7 Å². The normalized spacial score (nSPS) is 11.1. The van der Waals surface area contributed by atoms with Gasteiger partial charge in [0.25, 0.3) is 5.91 Å². The van der Waals surface area contributed by atoms with E-state index in [0.717, 1.165) is 11.1 Å². The number of benzene rings is 3. The second-order valence-electron chi connectivity index (χ2n) is 6.79. The van der Waals surface area contributed by atoms with Crippen LogP contribution in [-0.4, -0.2) is 5.91 Å². The zero-order valence-electron chi connectivity index (χ0n) is 16.8. The molecular formula is C24H16Cl4N2O2. The van der Waals surface area contributed by atoms with Crippen LogP contribution >= 0.6 is 46.4 Å². The van der Waals surface area contributed by atoms with Gasteiger partial charge in [-0.3, -0.25) is 4.79 Å². The van der Waals surface area contributed by atoms with Gasteiger partial charge in [-0.2, -0.15) is 5.26 Å². The van der Waals surface area contributed by atoms with Gasteiger partial charge in [-0.1, -0.05) is 70.7 Å². The summed E-state index contributed by atoms with van der Waals surface area (Å²) in [6.07, 6.45) is 1.41. The van der Waals surface area contributed by atoms with Gasteiger partial charge in [0.05, 0.1) is 20.1 Å². The van der Waals surface area contributed by atoms with E-state index in [1.165, 1.54) is 6.08 Å². The topological polar surface area (TPSA) is 62.1 Å². The molecule has 162 valence electrons. The van der Waals surface area contributed by atoms with Gasteiger partial charge in [-0.15, -0.1) is 0 Å². The fraction of sp³-hybridized carbons (Fsp3) is 0.0833. The Morgan fingerprint density at radius 2 is 1.69 bits per heavy atom. The van der Waals surface area contributed by atoms with Crippen molar-refractivity contribution in [2.24, 2.45) is 0 Å². The van der Waals surface area contributed by atoms with Crippen molar-refractivity contribution >= 4 is 64.1 Å². The molecule has 32 heavy (non-hydrogen) atoms. The smallest absolute Gasteiger partial charge is 0.266 e. The number of amides is 1. The third-order valence-corrected chi connectivity index (χ3v) is 5.76. The molecule has 0 radical (unpaired) electrons. The van der Waals surface area contributed by atoms with Crippen LogP contribution in [-0.2, 0) is 11.4 Å². The molecule has 1 N–H and O–H groups in total. The molecule has 3 aromatic carbocycles.